The molecular formula is C12H9ClF5N3. The van der Waals surface area contributed by atoms with Gasteiger partial charge in [-0.05, 0) is 6.92 Å². The van der Waals surface area contributed by atoms with Crippen molar-refractivity contribution in [1.29, 1.82) is 0 Å². The van der Waals surface area contributed by atoms with Crippen LogP contribution in [-0.4, -0.2) is 9.78 Å². The first-order valence-electron chi connectivity index (χ1n) is 5.69. The van der Waals surface area contributed by atoms with Gasteiger partial charge in [-0.2, -0.15) is 5.10 Å². The van der Waals surface area contributed by atoms with Gasteiger partial charge in [0.2, 0.25) is 5.82 Å². The quantitative estimate of drug-likeness (QED) is 0.530. The summed E-state index contributed by atoms with van der Waals surface area (Å²) >= 11 is 5.91. The van der Waals surface area contributed by atoms with Crippen LogP contribution in [0, 0.1) is 36.0 Å². The van der Waals surface area contributed by atoms with E-state index in [4.69, 9.17) is 11.6 Å². The van der Waals surface area contributed by atoms with Crippen molar-refractivity contribution in [2.24, 2.45) is 7.05 Å². The molecule has 0 aliphatic rings. The smallest absolute Gasteiger partial charge is 0.200 e. The normalized spacial score (nSPS) is 11.0. The molecule has 0 aliphatic carbocycles. The van der Waals surface area contributed by atoms with Crippen LogP contribution in [0.15, 0.2) is 0 Å². The molecule has 0 unspecified atom stereocenters. The first-order chi connectivity index (χ1) is 9.75. The third-order valence-electron chi connectivity index (χ3n) is 2.92. The van der Waals surface area contributed by atoms with E-state index in [9.17, 15) is 22.0 Å². The van der Waals surface area contributed by atoms with E-state index in [0.717, 1.165) is 0 Å². The lowest BCUT2D eigenvalue weighted by Crippen LogP contribution is -2.10. The molecule has 0 fully saturated rings. The van der Waals surface area contributed by atoms with E-state index in [2.05, 4.69) is 10.4 Å². The van der Waals surface area contributed by atoms with Crippen molar-refractivity contribution >= 4 is 17.3 Å². The van der Waals surface area contributed by atoms with Crippen LogP contribution in [0.4, 0.5) is 27.6 Å². The van der Waals surface area contributed by atoms with Crippen LogP contribution in [0.5, 0.6) is 0 Å². The SMILES string of the molecule is Cc1nn(C)c(Cl)c1CNc1c(F)c(F)c(F)c(F)c1F. The summed E-state index contributed by atoms with van der Waals surface area (Å²) in [5, 5.41) is 6.33. The molecule has 3 nitrogen and oxygen atoms in total. The lowest BCUT2D eigenvalue weighted by Gasteiger charge is -2.10. The Kier molecular flexibility index (Phi) is 4.08. The standard InChI is InChI=1S/C12H9ClF5N3/c1-4-5(12(13)21(2)20-4)3-19-11-9(17)7(15)6(14)8(16)10(11)18/h19H,3H2,1-2H3. The van der Waals surface area contributed by atoms with Crippen LogP contribution < -0.4 is 5.32 Å². The topological polar surface area (TPSA) is 29.9 Å². The highest BCUT2D eigenvalue weighted by Gasteiger charge is 2.26. The molecule has 9 heteroatoms. The Morgan fingerprint density at radius 3 is 1.90 bits per heavy atom. The van der Waals surface area contributed by atoms with Gasteiger partial charge in [0.25, 0.3) is 0 Å². The summed E-state index contributed by atoms with van der Waals surface area (Å²) in [5.74, 6) is -10.1. The largest absolute Gasteiger partial charge is 0.376 e. The zero-order chi connectivity index (χ0) is 15.9. The number of anilines is 1. The first-order valence-corrected chi connectivity index (χ1v) is 6.06. The van der Waals surface area contributed by atoms with Gasteiger partial charge in [-0.15, -0.1) is 0 Å². The molecule has 0 aliphatic heterocycles. The highest BCUT2D eigenvalue weighted by Crippen LogP contribution is 2.28. The van der Waals surface area contributed by atoms with E-state index in [0.29, 0.717) is 11.3 Å². The van der Waals surface area contributed by atoms with Gasteiger partial charge in [0.1, 0.15) is 10.8 Å². The third-order valence-corrected chi connectivity index (χ3v) is 3.39. The summed E-state index contributed by atoms with van der Waals surface area (Å²) < 4.78 is 67.3. The molecule has 0 saturated heterocycles. The summed E-state index contributed by atoms with van der Waals surface area (Å²) in [6, 6.07) is 0. The van der Waals surface area contributed by atoms with Crippen molar-refractivity contribution in [2.45, 2.75) is 13.5 Å². The number of hydrogen-bond acceptors (Lipinski definition) is 2. The fourth-order valence-electron chi connectivity index (χ4n) is 1.81. The molecule has 0 radical (unpaired) electrons. The summed E-state index contributed by atoms with van der Waals surface area (Å²) in [6.45, 7) is 1.36. The van der Waals surface area contributed by atoms with Gasteiger partial charge in [-0.25, -0.2) is 22.0 Å². The summed E-state index contributed by atoms with van der Waals surface area (Å²) in [6.07, 6.45) is 0. The van der Waals surface area contributed by atoms with Crippen LogP contribution in [0.1, 0.15) is 11.3 Å². The molecule has 0 saturated carbocycles. The first kappa shape index (κ1) is 15.6. The Balaban J connectivity index is 2.37. The number of aryl methyl sites for hydroxylation is 2. The average Bonchev–Trinajstić information content (AvgIpc) is 2.69. The van der Waals surface area contributed by atoms with Gasteiger partial charge in [-0.3, -0.25) is 4.68 Å². The van der Waals surface area contributed by atoms with Crippen LogP contribution >= 0.6 is 11.6 Å². The van der Waals surface area contributed by atoms with Gasteiger partial charge in [-0.1, -0.05) is 11.6 Å². The minimum atomic E-state index is -2.20. The maximum Gasteiger partial charge on any atom is 0.200 e. The second-order valence-electron chi connectivity index (χ2n) is 4.28. The number of benzene rings is 1. The lowest BCUT2D eigenvalue weighted by atomic mass is 10.2. The Hall–Kier alpha value is -1.83. The zero-order valence-electron chi connectivity index (χ0n) is 10.9. The highest BCUT2D eigenvalue weighted by atomic mass is 35.5. The highest BCUT2D eigenvalue weighted by molar-refractivity contribution is 6.30. The summed E-state index contributed by atoms with van der Waals surface area (Å²) in [7, 11) is 1.55. The van der Waals surface area contributed by atoms with Crippen LogP contribution in [0.2, 0.25) is 5.15 Å². The van der Waals surface area contributed by atoms with E-state index < -0.39 is 34.8 Å². The van der Waals surface area contributed by atoms with Crippen molar-refractivity contribution in [3.63, 3.8) is 0 Å². The fourth-order valence-corrected chi connectivity index (χ4v) is 2.05. The van der Waals surface area contributed by atoms with E-state index in [1.807, 2.05) is 0 Å². The van der Waals surface area contributed by atoms with E-state index in [1.54, 1.807) is 14.0 Å². The molecule has 2 rings (SSSR count). The van der Waals surface area contributed by atoms with Crippen molar-refractivity contribution in [1.82, 2.24) is 9.78 Å². The molecular weight excluding hydrogens is 317 g/mol. The number of hydrogen-bond donors (Lipinski definition) is 1. The molecule has 0 amide bonds. The number of halogens is 6. The second-order valence-corrected chi connectivity index (χ2v) is 4.63. The molecule has 1 N–H and O–H groups in total. The van der Waals surface area contributed by atoms with Gasteiger partial charge >= 0.3 is 0 Å². The monoisotopic (exact) mass is 325 g/mol. The van der Waals surface area contributed by atoms with Gasteiger partial charge in [0.05, 0.1) is 5.69 Å². The predicted octanol–water partition coefficient (Wildman–Crippen LogP) is 3.69. The second kappa shape index (κ2) is 5.51. The number of aromatic nitrogens is 2. The van der Waals surface area contributed by atoms with Gasteiger partial charge < -0.3 is 5.32 Å². The molecule has 2 aromatic rings. The summed E-state index contributed by atoms with van der Waals surface area (Å²) in [4.78, 5) is 0. The maximum atomic E-state index is 13.5. The predicted molar refractivity (Wildman–Crippen MR) is 66.5 cm³/mol. The van der Waals surface area contributed by atoms with Crippen LogP contribution in [-0.2, 0) is 13.6 Å². The van der Waals surface area contributed by atoms with Crippen molar-refractivity contribution < 1.29 is 22.0 Å². The van der Waals surface area contributed by atoms with Crippen LogP contribution in [0.25, 0.3) is 0 Å². The minimum Gasteiger partial charge on any atom is -0.376 e. The molecule has 1 aromatic carbocycles. The van der Waals surface area contributed by atoms with E-state index in [-0.39, 0.29) is 11.7 Å². The molecule has 1 heterocycles. The third kappa shape index (κ3) is 2.55. The Bertz CT molecular complexity index is 685. The fraction of sp³-hybridized carbons (Fsp3) is 0.250. The van der Waals surface area contributed by atoms with E-state index >= 15 is 0 Å². The van der Waals surface area contributed by atoms with Gasteiger partial charge in [0, 0.05) is 19.2 Å². The summed E-state index contributed by atoms with van der Waals surface area (Å²) in [5.41, 5.74) is -0.243. The van der Waals surface area contributed by atoms with Gasteiger partial charge in [0.15, 0.2) is 23.3 Å². The van der Waals surface area contributed by atoms with Crippen molar-refractivity contribution in [2.75, 3.05) is 5.32 Å². The number of nitrogens with zero attached hydrogens (tertiary/aromatic N) is 2. The van der Waals surface area contributed by atoms with E-state index in [1.165, 1.54) is 4.68 Å². The molecule has 0 bridgehead atoms. The molecule has 0 atom stereocenters. The Morgan fingerprint density at radius 2 is 1.48 bits per heavy atom. The number of rotatable bonds is 3. The Morgan fingerprint density at radius 1 is 1.00 bits per heavy atom. The Labute approximate surface area is 121 Å². The minimum absolute atomic E-state index is 0.198. The lowest BCUT2D eigenvalue weighted by molar-refractivity contribution is 0.381. The van der Waals surface area contributed by atoms with Crippen LogP contribution in [0.3, 0.4) is 0 Å². The maximum absolute atomic E-state index is 13.5. The number of nitrogens with one attached hydrogen (secondary N) is 1. The molecule has 1 aromatic heterocycles. The van der Waals surface area contributed by atoms with Crippen molar-refractivity contribution in [3.8, 4) is 0 Å². The molecule has 0 spiro atoms. The zero-order valence-corrected chi connectivity index (χ0v) is 11.6. The molecule has 21 heavy (non-hydrogen) atoms. The van der Waals surface area contributed by atoms with Crippen molar-refractivity contribution in [3.05, 3.63) is 45.5 Å². The molecule has 114 valence electrons. The average molecular weight is 326 g/mol.